The van der Waals surface area contributed by atoms with Crippen molar-refractivity contribution in [1.82, 2.24) is 9.88 Å². The quantitative estimate of drug-likeness (QED) is 0.683. The first-order valence-corrected chi connectivity index (χ1v) is 9.50. The highest BCUT2D eigenvalue weighted by Crippen LogP contribution is 2.33. The monoisotopic (exact) mass is 328 g/mol. The van der Waals surface area contributed by atoms with Crippen LogP contribution in [0.25, 0.3) is 10.9 Å². The highest BCUT2D eigenvalue weighted by molar-refractivity contribution is 5.78. The van der Waals surface area contributed by atoms with Gasteiger partial charge in [0, 0.05) is 30.7 Å². The number of hydrogen-bond donors (Lipinski definition) is 0. The number of benzene rings is 2. The molecule has 2 nitrogen and oxygen atoms in total. The molecule has 1 fully saturated rings. The van der Waals surface area contributed by atoms with Gasteiger partial charge in [0.05, 0.1) is 5.52 Å². The first-order valence-electron chi connectivity index (χ1n) is 9.50. The zero-order chi connectivity index (χ0) is 16.6. The van der Waals surface area contributed by atoms with Crippen molar-refractivity contribution in [2.75, 3.05) is 6.54 Å². The van der Waals surface area contributed by atoms with E-state index in [4.69, 9.17) is 0 Å². The summed E-state index contributed by atoms with van der Waals surface area (Å²) in [5.41, 5.74) is 5.67. The van der Waals surface area contributed by atoms with Crippen LogP contribution in [0.15, 0.2) is 60.8 Å². The molecule has 1 saturated heterocycles. The maximum Gasteiger partial charge on any atom is 0.0702 e. The Balaban J connectivity index is 1.42. The Morgan fingerprint density at radius 2 is 1.80 bits per heavy atom. The summed E-state index contributed by atoms with van der Waals surface area (Å²) in [5, 5.41) is 1.25. The number of hydrogen-bond acceptors (Lipinski definition) is 2. The molecule has 3 aromatic rings. The van der Waals surface area contributed by atoms with E-state index < -0.39 is 0 Å². The average Bonchev–Trinajstić information content (AvgIpc) is 2.62. The molecular formula is C23H24N2. The number of aromatic nitrogens is 1. The molecule has 0 radical (unpaired) electrons. The minimum absolute atomic E-state index is 0.683. The van der Waals surface area contributed by atoms with Gasteiger partial charge >= 0.3 is 0 Å². The number of nitrogens with zero attached hydrogens (tertiary/aromatic N) is 2. The molecule has 2 bridgehead atoms. The molecule has 0 saturated carbocycles. The van der Waals surface area contributed by atoms with Crippen molar-refractivity contribution in [3.63, 3.8) is 0 Å². The summed E-state index contributed by atoms with van der Waals surface area (Å²) in [6, 6.07) is 20.7. The lowest BCUT2D eigenvalue weighted by Gasteiger charge is -2.42. The summed E-state index contributed by atoms with van der Waals surface area (Å²) in [4.78, 5) is 7.18. The summed E-state index contributed by atoms with van der Waals surface area (Å²) in [5.74, 6) is 0.805. The van der Waals surface area contributed by atoms with E-state index in [-0.39, 0.29) is 0 Å². The van der Waals surface area contributed by atoms with Gasteiger partial charge < -0.3 is 0 Å². The minimum Gasteiger partial charge on any atom is -0.296 e. The fourth-order valence-electron chi connectivity index (χ4n) is 4.75. The van der Waals surface area contributed by atoms with Gasteiger partial charge in [0.2, 0.25) is 0 Å². The van der Waals surface area contributed by atoms with Crippen molar-refractivity contribution < 1.29 is 0 Å². The molecule has 0 spiro atoms. The van der Waals surface area contributed by atoms with Crippen LogP contribution in [-0.2, 0) is 19.4 Å². The maximum absolute atomic E-state index is 4.45. The third-order valence-electron chi connectivity index (χ3n) is 6.05. The van der Waals surface area contributed by atoms with Crippen molar-refractivity contribution in [1.29, 1.82) is 0 Å². The molecule has 0 amide bonds. The smallest absolute Gasteiger partial charge is 0.0702 e. The topological polar surface area (TPSA) is 16.1 Å². The molecule has 1 aromatic heterocycles. The van der Waals surface area contributed by atoms with E-state index >= 15 is 0 Å². The Morgan fingerprint density at radius 1 is 0.920 bits per heavy atom. The van der Waals surface area contributed by atoms with Crippen LogP contribution in [0.4, 0.5) is 0 Å². The molecule has 1 aliphatic carbocycles. The third kappa shape index (κ3) is 2.96. The second-order valence-electron chi connectivity index (χ2n) is 7.73. The van der Waals surface area contributed by atoms with Crippen LogP contribution in [0.1, 0.15) is 29.5 Å². The average molecular weight is 328 g/mol. The molecule has 6 rings (SSSR count). The molecule has 2 aliphatic heterocycles. The molecule has 2 aromatic carbocycles. The largest absolute Gasteiger partial charge is 0.296 e. The van der Waals surface area contributed by atoms with Gasteiger partial charge in [-0.05, 0) is 66.5 Å². The van der Waals surface area contributed by atoms with E-state index in [0.717, 1.165) is 18.0 Å². The molecular weight excluding hydrogens is 304 g/mol. The van der Waals surface area contributed by atoms with Crippen LogP contribution >= 0.6 is 0 Å². The van der Waals surface area contributed by atoms with E-state index in [0.29, 0.717) is 6.04 Å². The van der Waals surface area contributed by atoms with Gasteiger partial charge in [-0.1, -0.05) is 36.4 Å². The van der Waals surface area contributed by atoms with Crippen molar-refractivity contribution in [2.45, 2.75) is 38.3 Å². The van der Waals surface area contributed by atoms with Crippen molar-refractivity contribution in [3.8, 4) is 0 Å². The van der Waals surface area contributed by atoms with Crippen LogP contribution in [0.3, 0.4) is 0 Å². The van der Waals surface area contributed by atoms with Gasteiger partial charge in [-0.2, -0.15) is 0 Å². The minimum atomic E-state index is 0.683. The van der Waals surface area contributed by atoms with Crippen molar-refractivity contribution in [3.05, 3.63) is 77.5 Å². The number of piperidine rings is 1. The lowest BCUT2D eigenvalue weighted by molar-refractivity contribution is 0.0938. The Bertz CT molecular complexity index is 901. The third-order valence-corrected chi connectivity index (χ3v) is 6.05. The van der Waals surface area contributed by atoms with Crippen molar-refractivity contribution >= 4 is 10.9 Å². The Labute approximate surface area is 149 Å². The lowest BCUT2D eigenvalue weighted by atomic mass is 9.80. The zero-order valence-corrected chi connectivity index (χ0v) is 14.6. The van der Waals surface area contributed by atoms with Crippen LogP contribution in [0.5, 0.6) is 0 Å². The van der Waals surface area contributed by atoms with Gasteiger partial charge in [-0.3, -0.25) is 9.88 Å². The van der Waals surface area contributed by atoms with Gasteiger partial charge in [-0.15, -0.1) is 0 Å². The summed E-state index contributed by atoms with van der Waals surface area (Å²) in [7, 11) is 0. The van der Waals surface area contributed by atoms with Crippen LogP contribution in [-0.4, -0.2) is 22.5 Å². The first kappa shape index (κ1) is 15.1. The Kier molecular flexibility index (Phi) is 3.79. The SMILES string of the molecule is c1ccc2c(c1)C[C@H]1CC[C@@H](C2)N(Cc2ccc3ncccc3c2)C1. The molecule has 3 aliphatic rings. The summed E-state index contributed by atoms with van der Waals surface area (Å²) in [6.45, 7) is 2.30. The van der Waals surface area contributed by atoms with E-state index in [2.05, 4.69) is 58.4 Å². The number of rotatable bonds is 2. The molecule has 2 heteroatoms. The van der Waals surface area contributed by atoms with Crippen LogP contribution in [0.2, 0.25) is 0 Å². The molecule has 3 heterocycles. The van der Waals surface area contributed by atoms with E-state index in [1.165, 1.54) is 43.2 Å². The summed E-state index contributed by atoms with van der Waals surface area (Å²) < 4.78 is 0. The van der Waals surface area contributed by atoms with Gasteiger partial charge in [0.25, 0.3) is 0 Å². The van der Waals surface area contributed by atoms with Gasteiger partial charge in [0.1, 0.15) is 0 Å². The molecule has 2 atom stereocenters. The van der Waals surface area contributed by atoms with E-state index in [1.807, 2.05) is 12.3 Å². The zero-order valence-electron chi connectivity index (χ0n) is 14.6. The number of pyridine rings is 1. The van der Waals surface area contributed by atoms with E-state index in [9.17, 15) is 0 Å². The molecule has 0 unspecified atom stereocenters. The van der Waals surface area contributed by atoms with Gasteiger partial charge in [-0.25, -0.2) is 0 Å². The fourth-order valence-corrected chi connectivity index (χ4v) is 4.75. The Morgan fingerprint density at radius 3 is 2.72 bits per heavy atom. The van der Waals surface area contributed by atoms with Gasteiger partial charge in [0.15, 0.2) is 0 Å². The first-order chi connectivity index (χ1) is 12.3. The van der Waals surface area contributed by atoms with E-state index in [1.54, 1.807) is 11.1 Å². The number of fused-ring (bicyclic) bond motifs is 3. The standard InChI is InChI=1S/C23H24N2/c1-2-5-20-14-22-9-7-17(12-19(20)4-1)15-25(22)16-18-8-10-23-21(13-18)6-3-11-24-23/h1-6,8,10-11,13,17,22H,7,9,12,14-16H2/t17-,22+/m1/s1. The second kappa shape index (κ2) is 6.27. The predicted molar refractivity (Wildman–Crippen MR) is 103 cm³/mol. The highest BCUT2D eigenvalue weighted by atomic mass is 15.2. The van der Waals surface area contributed by atoms with Crippen LogP contribution in [0, 0.1) is 5.92 Å². The maximum atomic E-state index is 4.45. The predicted octanol–water partition coefficient (Wildman–Crippen LogP) is 4.61. The fraction of sp³-hybridized carbons (Fsp3) is 0.348. The molecule has 0 N–H and O–H groups in total. The lowest BCUT2D eigenvalue weighted by Crippen LogP contribution is -2.46. The summed E-state index contributed by atoms with van der Waals surface area (Å²) in [6.07, 6.45) is 7.06. The molecule has 126 valence electrons. The highest BCUT2D eigenvalue weighted by Gasteiger charge is 2.31. The normalized spacial score (nSPS) is 23.2. The van der Waals surface area contributed by atoms with Crippen LogP contribution < -0.4 is 0 Å². The Hall–Kier alpha value is -2.19. The second-order valence-corrected chi connectivity index (χ2v) is 7.73. The van der Waals surface area contributed by atoms with Crippen molar-refractivity contribution in [2.24, 2.45) is 5.92 Å². The molecule has 25 heavy (non-hydrogen) atoms. The summed E-state index contributed by atoms with van der Waals surface area (Å²) >= 11 is 0.